The molecule has 0 N–H and O–H groups in total. The number of ether oxygens (including phenoxy) is 1. The predicted molar refractivity (Wildman–Crippen MR) is 108 cm³/mol. The van der Waals surface area contributed by atoms with Crippen molar-refractivity contribution in [1.29, 1.82) is 0 Å². The van der Waals surface area contributed by atoms with Gasteiger partial charge < -0.3 is 14.5 Å². The van der Waals surface area contributed by atoms with Gasteiger partial charge in [0.1, 0.15) is 5.54 Å². The Labute approximate surface area is 169 Å². The van der Waals surface area contributed by atoms with Crippen LogP contribution in [0, 0.1) is 5.92 Å². The molecule has 0 aromatic heterocycles. The first-order chi connectivity index (χ1) is 13.7. The van der Waals surface area contributed by atoms with E-state index in [2.05, 4.69) is 9.80 Å². The van der Waals surface area contributed by atoms with Crippen molar-refractivity contribution in [1.82, 2.24) is 14.7 Å². The summed E-state index contributed by atoms with van der Waals surface area (Å²) in [6, 6.07) is 0. The van der Waals surface area contributed by atoms with Crippen molar-refractivity contribution in [3.63, 3.8) is 0 Å². The van der Waals surface area contributed by atoms with Gasteiger partial charge in [0.15, 0.2) is 0 Å². The zero-order valence-electron chi connectivity index (χ0n) is 17.4. The van der Waals surface area contributed by atoms with Crippen LogP contribution in [-0.4, -0.2) is 84.5 Å². The summed E-state index contributed by atoms with van der Waals surface area (Å²) in [5.41, 5.74) is -0.206. The number of hydrogen-bond donors (Lipinski definition) is 0. The number of morpholine rings is 1. The quantitative estimate of drug-likeness (QED) is 0.721. The third kappa shape index (κ3) is 4.23. The number of likely N-dealkylation sites (tertiary alicyclic amines) is 2. The number of piperidine rings is 1. The van der Waals surface area contributed by atoms with Crippen molar-refractivity contribution in [3.8, 4) is 0 Å². The molecule has 1 unspecified atom stereocenters. The molecule has 0 aromatic rings. The van der Waals surface area contributed by atoms with E-state index in [0.29, 0.717) is 31.5 Å². The van der Waals surface area contributed by atoms with Crippen LogP contribution in [0.5, 0.6) is 0 Å². The molecule has 0 aromatic carbocycles. The highest BCUT2D eigenvalue weighted by molar-refractivity contribution is 5.87. The first kappa shape index (κ1) is 20.1. The Bertz CT molecular complexity index is 549. The van der Waals surface area contributed by atoms with E-state index in [0.717, 1.165) is 71.4 Å². The largest absolute Gasteiger partial charge is 0.378 e. The van der Waals surface area contributed by atoms with Crippen LogP contribution in [0.2, 0.25) is 0 Å². The van der Waals surface area contributed by atoms with Gasteiger partial charge in [-0.3, -0.25) is 14.5 Å². The molecule has 6 nitrogen and oxygen atoms in total. The minimum absolute atomic E-state index is 0.206. The van der Waals surface area contributed by atoms with Gasteiger partial charge in [-0.05, 0) is 64.0 Å². The maximum atomic E-state index is 13.6. The molecule has 0 bridgehead atoms. The Balaban J connectivity index is 1.32. The smallest absolute Gasteiger partial charge is 0.243 e. The summed E-state index contributed by atoms with van der Waals surface area (Å²) >= 11 is 0. The van der Waals surface area contributed by atoms with E-state index in [1.54, 1.807) is 0 Å². The molecular weight excluding hydrogens is 354 g/mol. The molecule has 3 saturated heterocycles. The molecule has 0 spiro atoms. The molecule has 4 rings (SSSR count). The molecule has 0 radical (unpaired) electrons. The van der Waals surface area contributed by atoms with Crippen LogP contribution in [0.15, 0.2) is 0 Å². The lowest BCUT2D eigenvalue weighted by Gasteiger charge is -2.43. The number of amides is 2. The van der Waals surface area contributed by atoms with Gasteiger partial charge in [-0.25, -0.2) is 0 Å². The molecular formula is C22H37N3O3. The number of rotatable bonds is 5. The van der Waals surface area contributed by atoms with Crippen molar-refractivity contribution in [2.75, 3.05) is 52.5 Å². The maximum Gasteiger partial charge on any atom is 0.243 e. The van der Waals surface area contributed by atoms with Gasteiger partial charge in [0.25, 0.3) is 0 Å². The van der Waals surface area contributed by atoms with E-state index < -0.39 is 0 Å². The number of nitrogens with zero attached hydrogens (tertiary/aromatic N) is 3. The fourth-order valence-electron chi connectivity index (χ4n) is 5.85. The first-order valence-corrected chi connectivity index (χ1v) is 11.6. The highest BCUT2D eigenvalue weighted by atomic mass is 16.5. The summed E-state index contributed by atoms with van der Waals surface area (Å²) in [5, 5.41) is 0. The summed E-state index contributed by atoms with van der Waals surface area (Å²) in [6.07, 6.45) is 10.7. The second-order valence-corrected chi connectivity index (χ2v) is 9.22. The molecule has 3 heterocycles. The van der Waals surface area contributed by atoms with E-state index in [-0.39, 0.29) is 11.4 Å². The van der Waals surface area contributed by atoms with Crippen LogP contribution in [0.1, 0.15) is 64.2 Å². The Morgan fingerprint density at radius 1 is 0.857 bits per heavy atom. The second kappa shape index (κ2) is 9.12. The minimum atomic E-state index is -0.206. The predicted octanol–water partition coefficient (Wildman–Crippen LogP) is 2.27. The summed E-state index contributed by atoms with van der Waals surface area (Å²) in [6.45, 7) is 6.73. The van der Waals surface area contributed by atoms with Crippen molar-refractivity contribution in [2.24, 2.45) is 5.92 Å². The zero-order chi connectivity index (χ0) is 19.4. The Kier molecular flexibility index (Phi) is 6.56. The molecule has 6 heteroatoms. The van der Waals surface area contributed by atoms with Gasteiger partial charge in [0.05, 0.1) is 13.2 Å². The molecule has 4 aliphatic rings. The van der Waals surface area contributed by atoms with Crippen LogP contribution in [-0.2, 0) is 14.3 Å². The standard InChI is InChI=1S/C22H37N3O3/c26-20(23-14-16-28-17-15-23)8-7-19-6-5-11-24(18-19)21(27)22(9-1-2-10-22)25-12-3-4-13-25/h19H,1-18H2. The van der Waals surface area contributed by atoms with Crippen LogP contribution in [0.4, 0.5) is 0 Å². The molecule has 1 aliphatic carbocycles. The van der Waals surface area contributed by atoms with Crippen molar-refractivity contribution in [2.45, 2.75) is 69.7 Å². The van der Waals surface area contributed by atoms with Gasteiger partial charge in [0.2, 0.25) is 11.8 Å². The van der Waals surface area contributed by atoms with Gasteiger partial charge in [-0.15, -0.1) is 0 Å². The average Bonchev–Trinajstić information content (AvgIpc) is 3.45. The van der Waals surface area contributed by atoms with Crippen LogP contribution >= 0.6 is 0 Å². The van der Waals surface area contributed by atoms with Crippen LogP contribution in [0.3, 0.4) is 0 Å². The normalized spacial score (nSPS) is 28.6. The van der Waals surface area contributed by atoms with E-state index in [4.69, 9.17) is 4.74 Å². The summed E-state index contributed by atoms with van der Waals surface area (Å²) < 4.78 is 5.34. The fraction of sp³-hybridized carbons (Fsp3) is 0.909. The number of hydrogen-bond acceptors (Lipinski definition) is 4. The topological polar surface area (TPSA) is 53.1 Å². The SMILES string of the molecule is O=C(CCC1CCCN(C(=O)C2(N3CCCC3)CCCC2)C1)N1CCOCC1. The van der Waals surface area contributed by atoms with Gasteiger partial charge in [0, 0.05) is 32.6 Å². The first-order valence-electron chi connectivity index (χ1n) is 11.6. The third-order valence-electron chi connectivity index (χ3n) is 7.48. The maximum absolute atomic E-state index is 13.6. The van der Waals surface area contributed by atoms with Crippen molar-refractivity contribution >= 4 is 11.8 Å². The van der Waals surface area contributed by atoms with Crippen molar-refractivity contribution < 1.29 is 14.3 Å². The van der Waals surface area contributed by atoms with Crippen LogP contribution in [0.25, 0.3) is 0 Å². The van der Waals surface area contributed by atoms with E-state index in [1.807, 2.05) is 4.90 Å². The highest BCUT2D eigenvalue weighted by Gasteiger charge is 2.49. The molecule has 158 valence electrons. The second-order valence-electron chi connectivity index (χ2n) is 9.22. The molecule has 4 fully saturated rings. The minimum Gasteiger partial charge on any atom is -0.378 e. The van der Waals surface area contributed by atoms with E-state index in [1.165, 1.54) is 25.7 Å². The van der Waals surface area contributed by atoms with Crippen molar-refractivity contribution in [3.05, 3.63) is 0 Å². The molecule has 1 atom stereocenters. The zero-order valence-corrected chi connectivity index (χ0v) is 17.4. The lowest BCUT2D eigenvalue weighted by Crippen LogP contribution is -2.59. The summed E-state index contributed by atoms with van der Waals surface area (Å²) in [4.78, 5) is 32.7. The molecule has 1 saturated carbocycles. The van der Waals surface area contributed by atoms with E-state index >= 15 is 0 Å². The van der Waals surface area contributed by atoms with E-state index in [9.17, 15) is 9.59 Å². The van der Waals surface area contributed by atoms with Crippen LogP contribution < -0.4 is 0 Å². The number of carbonyl (C=O) groups excluding carboxylic acids is 2. The Morgan fingerprint density at radius 3 is 2.29 bits per heavy atom. The Hall–Kier alpha value is -1.14. The lowest BCUT2D eigenvalue weighted by atomic mass is 9.88. The fourth-order valence-corrected chi connectivity index (χ4v) is 5.85. The van der Waals surface area contributed by atoms with Gasteiger partial charge >= 0.3 is 0 Å². The highest BCUT2D eigenvalue weighted by Crippen LogP contribution is 2.40. The van der Waals surface area contributed by atoms with Gasteiger partial charge in [-0.1, -0.05) is 12.8 Å². The third-order valence-corrected chi connectivity index (χ3v) is 7.48. The molecule has 28 heavy (non-hydrogen) atoms. The summed E-state index contributed by atoms with van der Waals surface area (Å²) in [5.74, 6) is 1.13. The molecule has 3 aliphatic heterocycles. The molecule has 2 amide bonds. The summed E-state index contributed by atoms with van der Waals surface area (Å²) in [7, 11) is 0. The average molecular weight is 392 g/mol. The Morgan fingerprint density at radius 2 is 1.57 bits per heavy atom. The lowest BCUT2D eigenvalue weighted by molar-refractivity contribution is -0.146. The number of carbonyl (C=O) groups is 2. The van der Waals surface area contributed by atoms with Gasteiger partial charge in [-0.2, -0.15) is 0 Å². The monoisotopic (exact) mass is 391 g/mol.